The summed E-state index contributed by atoms with van der Waals surface area (Å²) in [6.07, 6.45) is 3.39. The normalized spacial score (nSPS) is 10.5. The van der Waals surface area contributed by atoms with Crippen LogP contribution < -0.4 is 0 Å². The molecule has 0 unspecified atom stereocenters. The summed E-state index contributed by atoms with van der Waals surface area (Å²) >= 11 is 5.86. The summed E-state index contributed by atoms with van der Waals surface area (Å²) in [5, 5.41) is 0.690. The van der Waals surface area contributed by atoms with Gasteiger partial charge in [0.15, 0.2) is 0 Å². The van der Waals surface area contributed by atoms with E-state index in [0.717, 1.165) is 31.5 Å². The maximum Gasteiger partial charge on any atom is 0.222 e. The van der Waals surface area contributed by atoms with Crippen LogP contribution in [0.5, 0.6) is 0 Å². The van der Waals surface area contributed by atoms with Crippen molar-refractivity contribution in [3.8, 4) is 0 Å². The van der Waals surface area contributed by atoms with E-state index in [4.69, 9.17) is 11.6 Å². The van der Waals surface area contributed by atoms with Gasteiger partial charge in [0.1, 0.15) is 0 Å². The van der Waals surface area contributed by atoms with E-state index in [-0.39, 0.29) is 11.8 Å². The third-order valence-corrected chi connectivity index (χ3v) is 4.13. The van der Waals surface area contributed by atoms with Crippen LogP contribution in [0.15, 0.2) is 24.3 Å². The van der Waals surface area contributed by atoms with Gasteiger partial charge in [-0.15, -0.1) is 0 Å². The standard InChI is InChI=1S/C19H29ClN2O2/c1-4-13-22(14-5-2)19(24)8-6-7-18(23)21(3)15-16-9-11-17(20)12-10-16/h9-12H,4-8,13-15H2,1-3H3. The van der Waals surface area contributed by atoms with Crippen LogP contribution in [-0.4, -0.2) is 41.8 Å². The lowest BCUT2D eigenvalue weighted by molar-refractivity contribution is -0.132. The minimum atomic E-state index is 0.0651. The van der Waals surface area contributed by atoms with Gasteiger partial charge in [0.05, 0.1) is 0 Å². The highest BCUT2D eigenvalue weighted by Crippen LogP contribution is 2.12. The molecule has 0 aliphatic rings. The molecule has 2 amide bonds. The number of rotatable bonds is 10. The van der Waals surface area contributed by atoms with Crippen molar-refractivity contribution in [2.24, 2.45) is 0 Å². The summed E-state index contributed by atoms with van der Waals surface area (Å²) in [4.78, 5) is 28.0. The maximum absolute atomic E-state index is 12.2. The van der Waals surface area contributed by atoms with E-state index in [1.54, 1.807) is 11.9 Å². The van der Waals surface area contributed by atoms with Crippen molar-refractivity contribution >= 4 is 23.4 Å². The van der Waals surface area contributed by atoms with E-state index in [1.165, 1.54) is 0 Å². The molecule has 0 aromatic heterocycles. The van der Waals surface area contributed by atoms with E-state index in [2.05, 4.69) is 13.8 Å². The molecule has 0 radical (unpaired) electrons. The van der Waals surface area contributed by atoms with E-state index in [0.29, 0.717) is 30.8 Å². The first kappa shape index (κ1) is 20.5. The zero-order valence-corrected chi connectivity index (χ0v) is 15.8. The third-order valence-electron chi connectivity index (χ3n) is 3.88. The first-order valence-corrected chi connectivity index (χ1v) is 9.11. The molecule has 0 heterocycles. The van der Waals surface area contributed by atoms with Crippen LogP contribution in [0, 0.1) is 0 Å². The number of benzene rings is 1. The zero-order chi connectivity index (χ0) is 17.9. The molecule has 0 spiro atoms. The number of amides is 2. The van der Waals surface area contributed by atoms with Gasteiger partial charge in [0, 0.05) is 44.5 Å². The summed E-state index contributed by atoms with van der Waals surface area (Å²) in [5.41, 5.74) is 1.04. The average molecular weight is 353 g/mol. The lowest BCUT2D eigenvalue weighted by atomic mass is 10.1. The van der Waals surface area contributed by atoms with Gasteiger partial charge >= 0.3 is 0 Å². The Hall–Kier alpha value is -1.55. The highest BCUT2D eigenvalue weighted by Gasteiger charge is 2.14. The molecule has 0 bridgehead atoms. The summed E-state index contributed by atoms with van der Waals surface area (Å²) in [6, 6.07) is 7.49. The molecule has 5 heteroatoms. The second-order valence-corrected chi connectivity index (χ2v) is 6.55. The van der Waals surface area contributed by atoms with Gasteiger partial charge in [-0.05, 0) is 37.0 Å². The average Bonchev–Trinajstić information content (AvgIpc) is 2.56. The quantitative estimate of drug-likeness (QED) is 0.635. The Morgan fingerprint density at radius 3 is 2.04 bits per heavy atom. The Morgan fingerprint density at radius 2 is 1.50 bits per heavy atom. The Kier molecular flexibility index (Phi) is 9.46. The molecular formula is C19H29ClN2O2. The number of hydrogen-bond acceptors (Lipinski definition) is 2. The molecule has 1 aromatic rings. The van der Waals surface area contributed by atoms with Crippen molar-refractivity contribution in [1.82, 2.24) is 9.80 Å². The highest BCUT2D eigenvalue weighted by atomic mass is 35.5. The molecule has 24 heavy (non-hydrogen) atoms. The van der Waals surface area contributed by atoms with E-state index >= 15 is 0 Å². The molecule has 134 valence electrons. The van der Waals surface area contributed by atoms with Crippen LogP contribution in [0.3, 0.4) is 0 Å². The van der Waals surface area contributed by atoms with E-state index in [9.17, 15) is 9.59 Å². The predicted molar refractivity (Wildman–Crippen MR) is 98.9 cm³/mol. The van der Waals surface area contributed by atoms with Crippen molar-refractivity contribution < 1.29 is 9.59 Å². The van der Waals surface area contributed by atoms with Crippen molar-refractivity contribution in [3.63, 3.8) is 0 Å². The van der Waals surface area contributed by atoms with Crippen LogP contribution >= 0.6 is 11.6 Å². The Morgan fingerprint density at radius 1 is 0.958 bits per heavy atom. The van der Waals surface area contributed by atoms with Gasteiger partial charge < -0.3 is 9.80 Å². The van der Waals surface area contributed by atoms with E-state index < -0.39 is 0 Å². The van der Waals surface area contributed by atoms with Gasteiger partial charge in [-0.25, -0.2) is 0 Å². The second-order valence-electron chi connectivity index (χ2n) is 6.11. The first-order chi connectivity index (χ1) is 11.5. The van der Waals surface area contributed by atoms with Gasteiger partial charge in [-0.3, -0.25) is 9.59 Å². The predicted octanol–water partition coefficient (Wildman–Crippen LogP) is 4.12. The molecule has 0 fully saturated rings. The molecular weight excluding hydrogens is 324 g/mol. The maximum atomic E-state index is 12.2. The summed E-state index contributed by atoms with van der Waals surface area (Å²) in [6.45, 7) is 6.31. The Bertz CT molecular complexity index is 511. The number of carbonyl (C=O) groups excluding carboxylic acids is 2. The highest BCUT2D eigenvalue weighted by molar-refractivity contribution is 6.30. The lowest BCUT2D eigenvalue weighted by Crippen LogP contribution is -2.32. The van der Waals surface area contributed by atoms with Crippen LogP contribution in [0.25, 0.3) is 0 Å². The van der Waals surface area contributed by atoms with E-state index in [1.807, 2.05) is 29.2 Å². The van der Waals surface area contributed by atoms with Crippen molar-refractivity contribution in [2.75, 3.05) is 20.1 Å². The minimum absolute atomic E-state index is 0.0651. The fourth-order valence-electron chi connectivity index (χ4n) is 2.59. The topological polar surface area (TPSA) is 40.6 Å². The Balaban J connectivity index is 2.36. The van der Waals surface area contributed by atoms with Crippen LogP contribution in [-0.2, 0) is 16.1 Å². The lowest BCUT2D eigenvalue weighted by Gasteiger charge is -2.22. The monoisotopic (exact) mass is 352 g/mol. The third kappa shape index (κ3) is 7.35. The van der Waals surface area contributed by atoms with Crippen LogP contribution in [0.2, 0.25) is 5.02 Å². The fourth-order valence-corrected chi connectivity index (χ4v) is 2.72. The largest absolute Gasteiger partial charge is 0.343 e. The van der Waals surface area contributed by atoms with Crippen molar-refractivity contribution in [3.05, 3.63) is 34.9 Å². The molecule has 0 aliphatic heterocycles. The number of halogens is 1. The zero-order valence-electron chi connectivity index (χ0n) is 15.1. The molecule has 0 aliphatic carbocycles. The number of carbonyl (C=O) groups is 2. The summed E-state index contributed by atoms with van der Waals surface area (Å²) in [5.74, 6) is 0.224. The van der Waals surface area contributed by atoms with Crippen molar-refractivity contribution in [1.29, 1.82) is 0 Å². The smallest absolute Gasteiger partial charge is 0.222 e. The number of nitrogens with zero attached hydrogens (tertiary/aromatic N) is 2. The van der Waals surface area contributed by atoms with Crippen LogP contribution in [0.1, 0.15) is 51.5 Å². The molecule has 0 saturated carbocycles. The second kappa shape index (κ2) is 11.1. The SMILES string of the molecule is CCCN(CCC)C(=O)CCCC(=O)N(C)Cc1ccc(Cl)cc1. The van der Waals surface area contributed by atoms with Gasteiger partial charge in [0.25, 0.3) is 0 Å². The van der Waals surface area contributed by atoms with Gasteiger partial charge in [-0.2, -0.15) is 0 Å². The summed E-state index contributed by atoms with van der Waals surface area (Å²) < 4.78 is 0. The molecule has 0 saturated heterocycles. The molecule has 0 N–H and O–H groups in total. The minimum Gasteiger partial charge on any atom is -0.343 e. The molecule has 1 rings (SSSR count). The fraction of sp³-hybridized carbons (Fsp3) is 0.579. The summed E-state index contributed by atoms with van der Waals surface area (Å²) in [7, 11) is 1.79. The molecule has 0 atom stereocenters. The number of hydrogen-bond donors (Lipinski definition) is 0. The molecule has 4 nitrogen and oxygen atoms in total. The van der Waals surface area contributed by atoms with Crippen molar-refractivity contribution in [2.45, 2.75) is 52.5 Å². The van der Waals surface area contributed by atoms with Gasteiger partial charge in [-0.1, -0.05) is 37.6 Å². The first-order valence-electron chi connectivity index (χ1n) is 8.74. The van der Waals surface area contributed by atoms with Crippen LogP contribution in [0.4, 0.5) is 0 Å². The van der Waals surface area contributed by atoms with Gasteiger partial charge in [0.2, 0.25) is 11.8 Å². The Labute approximate surface area is 150 Å². The molecule has 1 aromatic carbocycles.